The number of thioether (sulfide) groups is 1. The minimum Gasteiger partial charge on any atom is -0.496 e. The van der Waals surface area contributed by atoms with E-state index in [1.165, 1.54) is 16.7 Å². The fourth-order valence-electron chi connectivity index (χ4n) is 3.41. The number of esters is 1. The molecule has 1 aliphatic rings. The Bertz CT molecular complexity index is 1270. The number of ether oxygens (including phenoxy) is 2. The van der Waals surface area contributed by atoms with Crippen molar-refractivity contribution in [3.05, 3.63) is 76.7 Å². The van der Waals surface area contributed by atoms with E-state index in [1.54, 1.807) is 45.3 Å². The van der Waals surface area contributed by atoms with Crippen molar-refractivity contribution in [1.29, 1.82) is 0 Å². The molecule has 0 saturated carbocycles. The lowest BCUT2D eigenvalue weighted by Gasteiger charge is -2.09. The van der Waals surface area contributed by atoms with Gasteiger partial charge in [0.25, 0.3) is 5.91 Å². The van der Waals surface area contributed by atoms with Crippen molar-refractivity contribution < 1.29 is 19.1 Å². The van der Waals surface area contributed by atoms with E-state index in [-0.39, 0.29) is 5.91 Å². The Labute approximate surface area is 190 Å². The SMILES string of the molecule is CCOC(=O)c1cccc(N=C2SC(=Cc3c(OC)ccc4ccccc34)C(=O)N2C)c1. The van der Waals surface area contributed by atoms with Crippen LogP contribution in [0.3, 0.4) is 0 Å². The average molecular weight is 447 g/mol. The first kappa shape index (κ1) is 21.6. The molecule has 1 heterocycles. The molecule has 0 aliphatic carbocycles. The topological polar surface area (TPSA) is 68.2 Å². The number of carbonyl (C=O) groups is 2. The van der Waals surface area contributed by atoms with Gasteiger partial charge >= 0.3 is 5.97 Å². The van der Waals surface area contributed by atoms with Crippen molar-refractivity contribution in [3.8, 4) is 5.75 Å². The molecule has 0 spiro atoms. The van der Waals surface area contributed by atoms with E-state index in [1.807, 2.05) is 42.5 Å². The highest BCUT2D eigenvalue weighted by Crippen LogP contribution is 2.37. The molecule has 1 saturated heterocycles. The minimum atomic E-state index is -0.401. The van der Waals surface area contributed by atoms with Crippen molar-refractivity contribution in [2.45, 2.75) is 6.92 Å². The van der Waals surface area contributed by atoms with Gasteiger partial charge in [0.15, 0.2) is 5.17 Å². The Kier molecular flexibility index (Phi) is 6.28. The fourth-order valence-corrected chi connectivity index (χ4v) is 4.38. The molecule has 4 rings (SSSR count). The highest BCUT2D eigenvalue weighted by Gasteiger charge is 2.31. The van der Waals surface area contributed by atoms with E-state index in [4.69, 9.17) is 9.47 Å². The van der Waals surface area contributed by atoms with Crippen LogP contribution in [-0.4, -0.2) is 42.7 Å². The average Bonchev–Trinajstić information content (AvgIpc) is 3.07. The van der Waals surface area contributed by atoms with Gasteiger partial charge in [0.2, 0.25) is 0 Å². The predicted octanol–water partition coefficient (Wildman–Crippen LogP) is 5.26. The summed E-state index contributed by atoms with van der Waals surface area (Å²) in [5.74, 6) is 0.145. The maximum Gasteiger partial charge on any atom is 0.338 e. The Balaban J connectivity index is 1.70. The molecule has 6 nitrogen and oxygen atoms in total. The molecule has 0 aromatic heterocycles. The highest BCUT2D eigenvalue weighted by molar-refractivity contribution is 8.18. The number of hydrogen-bond donors (Lipinski definition) is 0. The van der Waals surface area contributed by atoms with Crippen molar-refractivity contribution in [2.75, 3.05) is 20.8 Å². The monoisotopic (exact) mass is 446 g/mol. The lowest BCUT2D eigenvalue weighted by atomic mass is 10.0. The van der Waals surface area contributed by atoms with Crippen LogP contribution in [0.5, 0.6) is 5.75 Å². The summed E-state index contributed by atoms with van der Waals surface area (Å²) in [6.07, 6.45) is 1.85. The summed E-state index contributed by atoms with van der Waals surface area (Å²) < 4.78 is 10.6. The third-order valence-electron chi connectivity index (χ3n) is 5.01. The zero-order valence-electron chi connectivity index (χ0n) is 18.0. The number of fused-ring (bicyclic) bond motifs is 1. The summed E-state index contributed by atoms with van der Waals surface area (Å²) in [5.41, 5.74) is 1.84. The second kappa shape index (κ2) is 9.28. The number of carbonyl (C=O) groups excluding carboxylic acids is 2. The van der Waals surface area contributed by atoms with Crippen LogP contribution in [0.2, 0.25) is 0 Å². The third-order valence-corrected chi connectivity index (χ3v) is 6.07. The molecule has 0 N–H and O–H groups in total. The first-order valence-electron chi connectivity index (χ1n) is 10.1. The number of hydrogen-bond acceptors (Lipinski definition) is 6. The number of nitrogens with zero attached hydrogens (tertiary/aromatic N) is 2. The Hall–Kier alpha value is -3.58. The summed E-state index contributed by atoms with van der Waals surface area (Å²) in [6.45, 7) is 2.06. The first-order valence-corrected chi connectivity index (χ1v) is 10.9. The molecule has 0 bridgehead atoms. The summed E-state index contributed by atoms with van der Waals surface area (Å²) in [5, 5.41) is 2.60. The second-order valence-electron chi connectivity index (χ2n) is 7.04. The Morgan fingerprint density at radius 1 is 1.12 bits per heavy atom. The minimum absolute atomic E-state index is 0.148. The molecule has 0 atom stereocenters. The molecule has 3 aromatic carbocycles. The highest BCUT2D eigenvalue weighted by atomic mass is 32.2. The van der Waals surface area contributed by atoms with Crippen LogP contribution in [0.25, 0.3) is 16.8 Å². The van der Waals surface area contributed by atoms with Gasteiger partial charge in [-0.25, -0.2) is 9.79 Å². The third kappa shape index (κ3) is 4.24. The van der Waals surface area contributed by atoms with Crippen LogP contribution in [0.15, 0.2) is 70.6 Å². The number of amidine groups is 1. The molecule has 1 aliphatic heterocycles. The van der Waals surface area contributed by atoms with Crippen LogP contribution in [0, 0.1) is 0 Å². The Morgan fingerprint density at radius 2 is 1.94 bits per heavy atom. The molecule has 1 fully saturated rings. The molecule has 0 unspecified atom stereocenters. The van der Waals surface area contributed by atoms with E-state index < -0.39 is 5.97 Å². The quantitative estimate of drug-likeness (QED) is 0.395. The summed E-state index contributed by atoms with van der Waals surface area (Å²) in [4.78, 5) is 31.6. The standard InChI is InChI=1S/C25H22N2O4S/c1-4-31-24(29)17-9-7-10-18(14-17)26-25-27(2)23(28)22(32-25)15-20-19-11-6-5-8-16(19)12-13-21(20)30-3/h5-15H,4H2,1-3H3. The van der Waals surface area contributed by atoms with Crippen LogP contribution in [-0.2, 0) is 9.53 Å². The van der Waals surface area contributed by atoms with Gasteiger partial charge in [0.05, 0.1) is 29.9 Å². The summed E-state index contributed by atoms with van der Waals surface area (Å²) >= 11 is 1.28. The van der Waals surface area contributed by atoms with E-state index >= 15 is 0 Å². The van der Waals surface area contributed by atoms with E-state index in [9.17, 15) is 9.59 Å². The molecule has 162 valence electrons. The van der Waals surface area contributed by atoms with Gasteiger partial charge in [-0.1, -0.05) is 36.4 Å². The summed E-state index contributed by atoms with van der Waals surface area (Å²) in [7, 11) is 3.30. The number of rotatable bonds is 5. The second-order valence-corrected chi connectivity index (χ2v) is 8.05. The van der Waals surface area contributed by atoms with Gasteiger partial charge in [-0.2, -0.15) is 0 Å². The van der Waals surface area contributed by atoms with Crippen molar-refractivity contribution in [2.24, 2.45) is 4.99 Å². The summed E-state index contributed by atoms with van der Waals surface area (Å²) in [6, 6.07) is 18.7. The zero-order valence-corrected chi connectivity index (χ0v) is 18.8. The van der Waals surface area contributed by atoms with Crippen molar-refractivity contribution in [1.82, 2.24) is 4.90 Å². The predicted molar refractivity (Wildman–Crippen MR) is 128 cm³/mol. The van der Waals surface area contributed by atoms with E-state index in [0.29, 0.717) is 33.7 Å². The molecule has 1 amide bonds. The zero-order chi connectivity index (χ0) is 22.7. The Morgan fingerprint density at radius 3 is 2.72 bits per heavy atom. The van der Waals surface area contributed by atoms with Gasteiger partial charge in [-0.15, -0.1) is 0 Å². The van der Waals surface area contributed by atoms with E-state index in [0.717, 1.165) is 16.3 Å². The van der Waals surface area contributed by atoms with Crippen LogP contribution in [0.4, 0.5) is 5.69 Å². The van der Waals surface area contributed by atoms with Gasteiger partial charge in [-0.05, 0) is 59.8 Å². The smallest absolute Gasteiger partial charge is 0.338 e. The first-order chi connectivity index (χ1) is 15.5. The molecule has 0 radical (unpaired) electrons. The van der Waals surface area contributed by atoms with E-state index in [2.05, 4.69) is 4.99 Å². The molecule has 7 heteroatoms. The fraction of sp³-hybridized carbons (Fsp3) is 0.160. The maximum atomic E-state index is 12.9. The number of likely N-dealkylation sites (N-methyl/N-ethyl adjacent to an activating group) is 1. The largest absolute Gasteiger partial charge is 0.496 e. The van der Waals surface area contributed by atoms with Crippen molar-refractivity contribution >= 4 is 51.3 Å². The normalized spacial score (nSPS) is 16.2. The molecule has 32 heavy (non-hydrogen) atoms. The van der Waals surface area contributed by atoms with Gasteiger partial charge in [0.1, 0.15) is 5.75 Å². The van der Waals surface area contributed by atoms with Gasteiger partial charge in [-0.3, -0.25) is 9.69 Å². The van der Waals surface area contributed by atoms with Crippen LogP contribution >= 0.6 is 11.8 Å². The number of amides is 1. The number of benzene rings is 3. The molecular formula is C25H22N2O4S. The number of methoxy groups -OCH3 is 1. The molecular weight excluding hydrogens is 424 g/mol. The van der Waals surface area contributed by atoms with Crippen LogP contribution < -0.4 is 4.74 Å². The maximum absolute atomic E-state index is 12.9. The lowest BCUT2D eigenvalue weighted by molar-refractivity contribution is -0.121. The van der Waals surface area contributed by atoms with Gasteiger partial charge < -0.3 is 9.47 Å². The lowest BCUT2D eigenvalue weighted by Crippen LogP contribution is -2.23. The van der Waals surface area contributed by atoms with Gasteiger partial charge in [0, 0.05) is 12.6 Å². The molecule has 3 aromatic rings. The van der Waals surface area contributed by atoms with Crippen molar-refractivity contribution in [3.63, 3.8) is 0 Å². The number of aliphatic imine (C=N–C) groups is 1. The van der Waals surface area contributed by atoms with Crippen LogP contribution in [0.1, 0.15) is 22.8 Å².